The normalized spacial score (nSPS) is 18.9. The van der Waals surface area contributed by atoms with Crippen molar-refractivity contribution in [3.05, 3.63) is 29.3 Å². The minimum atomic E-state index is -0.0288. The number of amides is 2. The Morgan fingerprint density at radius 1 is 1.38 bits per heavy atom. The molecule has 1 atom stereocenters. The van der Waals surface area contributed by atoms with Crippen molar-refractivity contribution in [2.45, 2.75) is 57.5 Å². The summed E-state index contributed by atoms with van der Waals surface area (Å²) in [6.07, 6.45) is 6.55. The number of benzene rings is 1. The third-order valence-corrected chi connectivity index (χ3v) is 4.36. The molecule has 1 aliphatic heterocycles. The molecule has 0 radical (unpaired) electrons. The van der Waals surface area contributed by atoms with Crippen molar-refractivity contribution in [3.8, 4) is 5.75 Å². The molecule has 1 unspecified atom stereocenters. The molecule has 0 aromatic heterocycles. The second-order valence-corrected chi connectivity index (χ2v) is 6.24. The average molecular weight is 288 g/mol. The lowest BCUT2D eigenvalue weighted by atomic mass is 10.0. The second kappa shape index (κ2) is 6.37. The molecule has 2 amide bonds. The van der Waals surface area contributed by atoms with Crippen molar-refractivity contribution in [2.24, 2.45) is 0 Å². The van der Waals surface area contributed by atoms with Crippen LogP contribution in [0.1, 0.15) is 43.7 Å². The topological polar surface area (TPSA) is 50.4 Å². The monoisotopic (exact) mass is 288 g/mol. The number of hydrogen-bond acceptors (Lipinski definition) is 2. The van der Waals surface area contributed by atoms with E-state index in [1.165, 1.54) is 24.0 Å². The van der Waals surface area contributed by atoms with Gasteiger partial charge in [0.05, 0.1) is 6.61 Å². The summed E-state index contributed by atoms with van der Waals surface area (Å²) >= 11 is 0. The van der Waals surface area contributed by atoms with E-state index in [4.69, 9.17) is 4.74 Å². The van der Waals surface area contributed by atoms with E-state index in [-0.39, 0.29) is 12.1 Å². The molecular formula is C17H24N2O2. The Morgan fingerprint density at radius 2 is 2.19 bits per heavy atom. The van der Waals surface area contributed by atoms with Crippen LogP contribution in [0.15, 0.2) is 18.2 Å². The van der Waals surface area contributed by atoms with Gasteiger partial charge < -0.3 is 15.4 Å². The minimum absolute atomic E-state index is 0.0288. The van der Waals surface area contributed by atoms with Gasteiger partial charge in [0.1, 0.15) is 5.75 Å². The van der Waals surface area contributed by atoms with Gasteiger partial charge in [-0.25, -0.2) is 4.79 Å². The molecule has 1 fully saturated rings. The molecule has 1 heterocycles. The Bertz CT molecular complexity index is 510. The van der Waals surface area contributed by atoms with Gasteiger partial charge in [0, 0.05) is 18.5 Å². The summed E-state index contributed by atoms with van der Waals surface area (Å²) in [7, 11) is 0. The molecule has 2 N–H and O–H groups in total. The van der Waals surface area contributed by atoms with Crippen LogP contribution in [0.25, 0.3) is 0 Å². The molecule has 4 heteroatoms. The van der Waals surface area contributed by atoms with Gasteiger partial charge in [0.25, 0.3) is 0 Å². The molecule has 1 aliphatic carbocycles. The van der Waals surface area contributed by atoms with Crippen molar-refractivity contribution < 1.29 is 9.53 Å². The Morgan fingerprint density at radius 3 is 3.00 bits per heavy atom. The van der Waals surface area contributed by atoms with Crippen LogP contribution in [0.3, 0.4) is 0 Å². The summed E-state index contributed by atoms with van der Waals surface area (Å²) in [4.78, 5) is 11.9. The van der Waals surface area contributed by atoms with Crippen molar-refractivity contribution in [1.29, 1.82) is 0 Å². The van der Waals surface area contributed by atoms with Gasteiger partial charge in [-0.2, -0.15) is 0 Å². The maximum atomic E-state index is 11.9. The first-order chi connectivity index (χ1) is 10.2. The van der Waals surface area contributed by atoms with E-state index < -0.39 is 0 Å². The fourth-order valence-corrected chi connectivity index (χ4v) is 3.29. The maximum Gasteiger partial charge on any atom is 0.315 e. The molecule has 0 bridgehead atoms. The fraction of sp³-hybridized carbons (Fsp3) is 0.588. The highest BCUT2D eigenvalue weighted by Crippen LogP contribution is 2.26. The molecule has 1 aromatic carbocycles. The van der Waals surface area contributed by atoms with E-state index >= 15 is 0 Å². The molecule has 0 spiro atoms. The first-order valence-corrected chi connectivity index (χ1v) is 8.02. The maximum absolute atomic E-state index is 11.9. The van der Waals surface area contributed by atoms with Crippen molar-refractivity contribution in [1.82, 2.24) is 10.6 Å². The Labute approximate surface area is 126 Å². The van der Waals surface area contributed by atoms with E-state index in [1.54, 1.807) is 0 Å². The molecule has 3 rings (SSSR count). The van der Waals surface area contributed by atoms with Crippen molar-refractivity contribution >= 4 is 6.03 Å². The Balaban J connectivity index is 1.49. The molecule has 21 heavy (non-hydrogen) atoms. The first kappa shape index (κ1) is 14.2. The lowest BCUT2D eigenvalue weighted by Gasteiger charge is -2.18. The predicted molar refractivity (Wildman–Crippen MR) is 82.7 cm³/mol. The number of ether oxygens (including phenoxy) is 1. The van der Waals surface area contributed by atoms with Crippen LogP contribution in [0.4, 0.5) is 4.79 Å². The molecule has 1 aromatic rings. The molecular weight excluding hydrogens is 264 g/mol. The molecule has 4 nitrogen and oxygen atoms in total. The smallest absolute Gasteiger partial charge is 0.315 e. The highest BCUT2D eigenvalue weighted by molar-refractivity contribution is 5.74. The van der Waals surface area contributed by atoms with Gasteiger partial charge in [-0.05, 0) is 43.4 Å². The van der Waals surface area contributed by atoms with Crippen molar-refractivity contribution in [2.75, 3.05) is 6.61 Å². The average Bonchev–Trinajstić information content (AvgIpc) is 3.08. The standard InChI is InChI=1S/C17H24N2O2/c1-12(18-17(20)19-15-4-2-3-5-15)10-13-6-7-16-14(11-13)8-9-21-16/h6-7,11-12,15H,2-5,8-10H2,1H3,(H2,18,19,20). The second-order valence-electron chi connectivity index (χ2n) is 6.24. The third kappa shape index (κ3) is 3.69. The summed E-state index contributed by atoms with van der Waals surface area (Å²) in [5.74, 6) is 1.01. The van der Waals surface area contributed by atoms with Gasteiger partial charge in [-0.3, -0.25) is 0 Å². The van der Waals surface area contributed by atoms with E-state index in [0.717, 1.165) is 38.0 Å². The zero-order chi connectivity index (χ0) is 14.7. The molecule has 2 aliphatic rings. The quantitative estimate of drug-likeness (QED) is 0.895. The number of fused-ring (bicyclic) bond motifs is 1. The SMILES string of the molecule is CC(Cc1ccc2c(c1)CCO2)NC(=O)NC1CCCC1. The fourth-order valence-electron chi connectivity index (χ4n) is 3.29. The lowest BCUT2D eigenvalue weighted by Crippen LogP contribution is -2.45. The highest BCUT2D eigenvalue weighted by Gasteiger charge is 2.18. The van der Waals surface area contributed by atoms with Crippen LogP contribution in [-0.4, -0.2) is 24.7 Å². The van der Waals surface area contributed by atoms with Crippen LogP contribution >= 0.6 is 0 Å². The van der Waals surface area contributed by atoms with E-state index in [9.17, 15) is 4.79 Å². The third-order valence-electron chi connectivity index (χ3n) is 4.36. The summed E-state index contributed by atoms with van der Waals surface area (Å²) in [6, 6.07) is 6.82. The first-order valence-electron chi connectivity index (χ1n) is 8.02. The van der Waals surface area contributed by atoms with Gasteiger partial charge >= 0.3 is 6.03 Å². The van der Waals surface area contributed by atoms with Gasteiger partial charge in [0.15, 0.2) is 0 Å². The lowest BCUT2D eigenvalue weighted by molar-refractivity contribution is 0.234. The number of hydrogen-bond donors (Lipinski definition) is 2. The zero-order valence-electron chi connectivity index (χ0n) is 12.7. The van der Waals surface area contributed by atoms with Gasteiger partial charge in [-0.15, -0.1) is 0 Å². The van der Waals surface area contributed by atoms with E-state index in [0.29, 0.717) is 6.04 Å². The summed E-state index contributed by atoms with van der Waals surface area (Å²) < 4.78 is 5.52. The van der Waals surface area contributed by atoms with Crippen LogP contribution in [0.5, 0.6) is 5.75 Å². The molecule has 114 valence electrons. The Hall–Kier alpha value is -1.71. The number of nitrogens with one attached hydrogen (secondary N) is 2. The molecule has 0 saturated heterocycles. The van der Waals surface area contributed by atoms with Gasteiger partial charge in [-0.1, -0.05) is 25.0 Å². The molecule has 1 saturated carbocycles. The van der Waals surface area contributed by atoms with Crippen LogP contribution in [0, 0.1) is 0 Å². The number of carbonyl (C=O) groups is 1. The minimum Gasteiger partial charge on any atom is -0.493 e. The van der Waals surface area contributed by atoms with E-state index in [2.05, 4.69) is 29.7 Å². The number of rotatable bonds is 4. The largest absolute Gasteiger partial charge is 0.493 e. The summed E-state index contributed by atoms with van der Waals surface area (Å²) in [5.41, 5.74) is 2.54. The number of urea groups is 1. The zero-order valence-corrected chi connectivity index (χ0v) is 12.7. The van der Waals surface area contributed by atoms with Crippen LogP contribution in [0.2, 0.25) is 0 Å². The highest BCUT2D eigenvalue weighted by atomic mass is 16.5. The summed E-state index contributed by atoms with van der Waals surface area (Å²) in [5, 5.41) is 6.11. The van der Waals surface area contributed by atoms with E-state index in [1.807, 2.05) is 6.07 Å². The van der Waals surface area contributed by atoms with Crippen molar-refractivity contribution in [3.63, 3.8) is 0 Å². The summed E-state index contributed by atoms with van der Waals surface area (Å²) in [6.45, 7) is 2.84. The predicted octanol–water partition coefficient (Wildman–Crippen LogP) is 2.79. The Kier molecular flexibility index (Phi) is 4.32. The van der Waals surface area contributed by atoms with Crippen LogP contribution in [-0.2, 0) is 12.8 Å². The van der Waals surface area contributed by atoms with Gasteiger partial charge in [0.2, 0.25) is 0 Å². The number of carbonyl (C=O) groups excluding carboxylic acids is 1. The van der Waals surface area contributed by atoms with Crippen LogP contribution < -0.4 is 15.4 Å².